The molecule has 0 heteroatoms. The normalized spacial score (nSPS) is 25.9. The van der Waals surface area contributed by atoms with Crippen LogP contribution in [-0.4, -0.2) is 0 Å². The van der Waals surface area contributed by atoms with Gasteiger partial charge in [0.05, 0.1) is 0 Å². The molecule has 0 bridgehead atoms. The zero-order valence-corrected chi connectivity index (χ0v) is 38.3. The van der Waals surface area contributed by atoms with Gasteiger partial charge in [0.25, 0.3) is 0 Å². The molecule has 5 rings (SSSR count). The van der Waals surface area contributed by atoms with Crippen molar-refractivity contribution in [2.75, 3.05) is 0 Å². The summed E-state index contributed by atoms with van der Waals surface area (Å²) in [6, 6.07) is 0. The molecular formula is C53H102. The summed E-state index contributed by atoms with van der Waals surface area (Å²) < 4.78 is 0. The van der Waals surface area contributed by atoms with E-state index in [2.05, 4.69) is 39.8 Å². The second kappa shape index (κ2) is 34.7. The van der Waals surface area contributed by atoms with Crippen molar-refractivity contribution in [3.05, 3.63) is 24.3 Å². The highest BCUT2D eigenvalue weighted by Gasteiger charge is 2.39. The van der Waals surface area contributed by atoms with Gasteiger partial charge in [-0.15, -0.1) is 0 Å². The van der Waals surface area contributed by atoms with Crippen LogP contribution in [0.5, 0.6) is 0 Å². The zero-order chi connectivity index (χ0) is 38.9. The fourth-order valence-corrected chi connectivity index (χ4v) is 11.0. The first-order valence-corrected chi connectivity index (χ1v) is 25.4. The molecule has 0 spiro atoms. The highest BCUT2D eigenvalue weighted by Crippen LogP contribution is 2.49. The van der Waals surface area contributed by atoms with E-state index in [1.807, 2.05) is 27.7 Å². The van der Waals surface area contributed by atoms with Gasteiger partial charge in [0.15, 0.2) is 0 Å². The third-order valence-corrected chi connectivity index (χ3v) is 14.5. The Morgan fingerprint density at radius 1 is 0.566 bits per heavy atom. The van der Waals surface area contributed by atoms with Gasteiger partial charge in [-0.25, -0.2) is 0 Å². The number of allylic oxidation sites excluding steroid dienone is 3. The first kappa shape index (κ1) is 50.5. The molecule has 4 saturated carbocycles. The summed E-state index contributed by atoms with van der Waals surface area (Å²) in [5, 5.41) is 0. The minimum absolute atomic E-state index is 0.772. The molecule has 0 heterocycles. The molecule has 0 nitrogen and oxygen atoms in total. The number of hydrogen-bond donors (Lipinski definition) is 0. The lowest BCUT2D eigenvalue weighted by molar-refractivity contribution is 0.0604. The Morgan fingerprint density at radius 2 is 1.09 bits per heavy atom. The topological polar surface area (TPSA) is 0 Å². The summed E-state index contributed by atoms with van der Waals surface area (Å²) in [4.78, 5) is 0. The van der Waals surface area contributed by atoms with Crippen molar-refractivity contribution in [3.8, 4) is 0 Å². The third kappa shape index (κ3) is 22.1. The van der Waals surface area contributed by atoms with Crippen LogP contribution in [0.3, 0.4) is 0 Å². The molecule has 0 aromatic carbocycles. The van der Waals surface area contributed by atoms with Gasteiger partial charge in [0.1, 0.15) is 0 Å². The first-order chi connectivity index (χ1) is 26.1. The van der Waals surface area contributed by atoms with Gasteiger partial charge in [0.2, 0.25) is 0 Å². The Hall–Kier alpha value is -0.520. The van der Waals surface area contributed by atoms with Gasteiger partial charge >= 0.3 is 0 Å². The predicted molar refractivity (Wildman–Crippen MR) is 244 cm³/mol. The van der Waals surface area contributed by atoms with E-state index < -0.39 is 0 Å². The summed E-state index contributed by atoms with van der Waals surface area (Å²) in [6.07, 6.45) is 53.3. The average molecular weight is 739 g/mol. The van der Waals surface area contributed by atoms with Crippen LogP contribution < -0.4 is 0 Å². The third-order valence-electron chi connectivity index (χ3n) is 14.5. The van der Waals surface area contributed by atoms with Gasteiger partial charge in [-0.3, -0.25) is 0 Å². The minimum Gasteiger partial charge on any atom is -0.0996 e. The molecule has 0 aliphatic heterocycles. The lowest BCUT2D eigenvalue weighted by atomic mass is 9.60. The van der Waals surface area contributed by atoms with E-state index in [1.165, 1.54) is 180 Å². The van der Waals surface area contributed by atoms with E-state index >= 15 is 0 Å². The summed E-state index contributed by atoms with van der Waals surface area (Å²) in [7, 11) is 0. The molecule has 0 saturated heterocycles. The highest BCUT2D eigenvalue weighted by molar-refractivity contribution is 5.09. The van der Waals surface area contributed by atoms with E-state index in [0.29, 0.717) is 0 Å². The smallest absolute Gasteiger partial charge is 0.0168 e. The monoisotopic (exact) mass is 739 g/mol. The van der Waals surface area contributed by atoms with Crippen molar-refractivity contribution in [1.82, 2.24) is 0 Å². The Bertz CT molecular complexity index is 784. The van der Waals surface area contributed by atoms with E-state index in [-0.39, 0.29) is 0 Å². The largest absolute Gasteiger partial charge is 0.0996 e. The van der Waals surface area contributed by atoms with Crippen LogP contribution in [0, 0.1) is 47.3 Å². The fraction of sp³-hybridized carbons (Fsp3) is 0.925. The van der Waals surface area contributed by atoms with Crippen molar-refractivity contribution in [2.45, 2.75) is 267 Å². The predicted octanol–water partition coefficient (Wildman–Crippen LogP) is 19.1. The molecule has 0 N–H and O–H groups in total. The highest BCUT2D eigenvalue weighted by atomic mass is 14.4. The molecule has 4 fully saturated rings. The van der Waals surface area contributed by atoms with E-state index in [4.69, 9.17) is 6.58 Å². The van der Waals surface area contributed by atoms with Crippen molar-refractivity contribution in [1.29, 1.82) is 0 Å². The van der Waals surface area contributed by atoms with Crippen LogP contribution in [0.25, 0.3) is 0 Å². The van der Waals surface area contributed by atoms with E-state index in [1.54, 1.807) is 37.7 Å². The van der Waals surface area contributed by atoms with Crippen LogP contribution in [0.2, 0.25) is 0 Å². The molecule has 0 amide bonds. The standard InChI is InChI=1S/C32H56.C13H24.C4H10.2C2H6/c1-4-5-6-7-8-9-12-20-29-23-17-24-31(27(29)3)32(30-21-15-11-16-22-30)25-26(2)28-18-13-10-14-19-28;1-3-7-12(8-4-1)11-13-9-5-2-6-10-13;1-3-4-2;2*1-2/h10,13,27-32H,2,4-9,11-12,14-25H2,1,3H3;12-13H,1-11H2;3-4H2,1-2H3;2*1-2H3. The van der Waals surface area contributed by atoms with Gasteiger partial charge in [0, 0.05) is 0 Å². The van der Waals surface area contributed by atoms with E-state index in [0.717, 1.165) is 47.3 Å². The van der Waals surface area contributed by atoms with Gasteiger partial charge in [-0.05, 0) is 85.9 Å². The molecular weight excluding hydrogens is 637 g/mol. The van der Waals surface area contributed by atoms with Crippen molar-refractivity contribution in [2.24, 2.45) is 47.3 Å². The fourth-order valence-electron chi connectivity index (χ4n) is 11.0. The van der Waals surface area contributed by atoms with Gasteiger partial charge in [-0.1, -0.05) is 253 Å². The molecule has 0 radical (unpaired) electrons. The molecule has 5 unspecified atom stereocenters. The average Bonchev–Trinajstić information content (AvgIpc) is 3.23. The van der Waals surface area contributed by atoms with Crippen LogP contribution in [-0.2, 0) is 0 Å². The Labute approximate surface area is 337 Å². The minimum atomic E-state index is 0.772. The molecule has 0 aromatic rings. The van der Waals surface area contributed by atoms with Crippen LogP contribution in [0.4, 0.5) is 0 Å². The first-order valence-electron chi connectivity index (χ1n) is 25.4. The summed E-state index contributed by atoms with van der Waals surface area (Å²) in [5.74, 6) is 7.85. The molecule has 5 aliphatic carbocycles. The molecule has 5 aliphatic rings. The number of hydrogen-bond acceptors (Lipinski definition) is 0. The number of rotatable bonds is 16. The second-order valence-corrected chi connectivity index (χ2v) is 18.3. The van der Waals surface area contributed by atoms with Crippen LogP contribution >= 0.6 is 0 Å². The maximum absolute atomic E-state index is 4.71. The summed E-state index contributed by atoms with van der Waals surface area (Å²) in [5.41, 5.74) is 1.62. The van der Waals surface area contributed by atoms with Crippen molar-refractivity contribution >= 4 is 0 Å². The lowest BCUT2D eigenvalue weighted by Gasteiger charge is -2.45. The van der Waals surface area contributed by atoms with Crippen molar-refractivity contribution < 1.29 is 0 Å². The van der Waals surface area contributed by atoms with Crippen LogP contribution in [0.15, 0.2) is 24.3 Å². The Morgan fingerprint density at radius 3 is 1.60 bits per heavy atom. The zero-order valence-electron chi connectivity index (χ0n) is 38.3. The second-order valence-electron chi connectivity index (χ2n) is 18.3. The van der Waals surface area contributed by atoms with Gasteiger partial charge in [-0.2, -0.15) is 0 Å². The maximum atomic E-state index is 4.71. The summed E-state index contributed by atoms with van der Waals surface area (Å²) in [6.45, 7) is 22.1. The molecule has 5 atom stereocenters. The summed E-state index contributed by atoms with van der Waals surface area (Å²) >= 11 is 0. The van der Waals surface area contributed by atoms with Crippen LogP contribution in [0.1, 0.15) is 267 Å². The SMILES string of the molecule is C1CCC(CC2CCCCC2)CC1.C=C(CC(C1CCCCC1)C1CCCC(CCCCCCCCC)C1C)C1CC=CCC1.CC.CC.CCCC. The molecule has 314 valence electrons. The molecule has 0 aromatic heterocycles. The van der Waals surface area contributed by atoms with Crippen molar-refractivity contribution in [3.63, 3.8) is 0 Å². The Kier molecular flexibility index (Phi) is 33.1. The maximum Gasteiger partial charge on any atom is -0.0168 e. The quantitative estimate of drug-likeness (QED) is 0.109. The van der Waals surface area contributed by atoms with Gasteiger partial charge < -0.3 is 0 Å². The lowest BCUT2D eigenvalue weighted by Crippen LogP contribution is -2.36. The van der Waals surface area contributed by atoms with E-state index in [9.17, 15) is 0 Å². The molecule has 53 heavy (non-hydrogen) atoms. The number of unbranched alkanes of at least 4 members (excludes halogenated alkanes) is 7. The Balaban J connectivity index is 0.000000548.